The van der Waals surface area contributed by atoms with Crippen LogP contribution in [0.4, 0.5) is 11.5 Å². The Morgan fingerprint density at radius 1 is 1.21 bits per heavy atom. The van der Waals surface area contributed by atoms with Gasteiger partial charge >= 0.3 is 0 Å². The van der Waals surface area contributed by atoms with E-state index in [-0.39, 0.29) is 17.9 Å². The maximum absolute atomic E-state index is 12.6. The van der Waals surface area contributed by atoms with E-state index in [1.54, 1.807) is 16.9 Å². The summed E-state index contributed by atoms with van der Waals surface area (Å²) >= 11 is 0. The average molecular weight is 383 g/mol. The third kappa shape index (κ3) is 4.91. The van der Waals surface area contributed by atoms with Crippen LogP contribution in [0.5, 0.6) is 0 Å². The van der Waals surface area contributed by atoms with E-state index in [0.717, 1.165) is 30.6 Å². The van der Waals surface area contributed by atoms with Gasteiger partial charge in [0.1, 0.15) is 11.9 Å². The van der Waals surface area contributed by atoms with Crippen molar-refractivity contribution in [3.05, 3.63) is 42.1 Å². The highest BCUT2D eigenvalue weighted by Crippen LogP contribution is 2.18. The van der Waals surface area contributed by atoms with E-state index in [9.17, 15) is 9.59 Å². The summed E-state index contributed by atoms with van der Waals surface area (Å²) in [7, 11) is 0. The molecular weight excluding hydrogens is 354 g/mol. The van der Waals surface area contributed by atoms with Crippen LogP contribution in [0.3, 0.4) is 0 Å². The first-order valence-corrected chi connectivity index (χ1v) is 9.91. The van der Waals surface area contributed by atoms with Gasteiger partial charge in [-0.05, 0) is 51.3 Å². The number of carbonyl (C=O) groups is 2. The summed E-state index contributed by atoms with van der Waals surface area (Å²) < 4.78 is 1.78. The normalized spacial score (nSPS) is 15.6. The van der Waals surface area contributed by atoms with Crippen molar-refractivity contribution < 1.29 is 9.59 Å². The number of piperidine rings is 1. The summed E-state index contributed by atoms with van der Waals surface area (Å²) in [5.74, 6) is 0.782. The minimum absolute atomic E-state index is 0.126. The van der Waals surface area contributed by atoms with Crippen LogP contribution >= 0.6 is 0 Å². The highest BCUT2D eigenvalue weighted by atomic mass is 16.2. The predicted octanol–water partition coefficient (Wildman–Crippen LogP) is 3.42. The van der Waals surface area contributed by atoms with Gasteiger partial charge in [0.25, 0.3) is 0 Å². The lowest BCUT2D eigenvalue weighted by atomic mass is 10.1. The Kier molecular flexibility index (Phi) is 6.34. The first-order valence-electron chi connectivity index (χ1n) is 9.91. The van der Waals surface area contributed by atoms with Crippen molar-refractivity contribution in [3.8, 4) is 0 Å². The van der Waals surface area contributed by atoms with E-state index in [4.69, 9.17) is 0 Å². The van der Waals surface area contributed by atoms with Gasteiger partial charge in [-0.3, -0.25) is 9.59 Å². The van der Waals surface area contributed by atoms with E-state index >= 15 is 0 Å². The second-order valence-corrected chi connectivity index (χ2v) is 7.58. The van der Waals surface area contributed by atoms with E-state index < -0.39 is 6.04 Å². The highest BCUT2D eigenvalue weighted by molar-refractivity contribution is 5.95. The SMILES string of the molecule is CC(Nc1cccc(CN2CCCCC2=O)c1)C(=O)Nc1ccnn1C(C)C. The van der Waals surface area contributed by atoms with Crippen LogP contribution in [-0.4, -0.2) is 39.1 Å². The minimum atomic E-state index is -0.414. The summed E-state index contributed by atoms with van der Waals surface area (Å²) in [5, 5.41) is 10.4. The van der Waals surface area contributed by atoms with Crippen molar-refractivity contribution in [3.63, 3.8) is 0 Å². The standard InChI is InChI=1S/C21H29N5O2/c1-15(2)26-19(10-11-22-26)24-21(28)16(3)23-18-8-6-7-17(13-18)14-25-12-5-4-9-20(25)27/h6-8,10-11,13,15-16,23H,4-5,9,12,14H2,1-3H3,(H,24,28). The van der Waals surface area contributed by atoms with Gasteiger partial charge in [0.15, 0.2) is 0 Å². The summed E-state index contributed by atoms with van der Waals surface area (Å²) in [4.78, 5) is 26.5. The number of nitrogens with one attached hydrogen (secondary N) is 2. The molecule has 28 heavy (non-hydrogen) atoms. The summed E-state index contributed by atoms with van der Waals surface area (Å²) in [6.45, 7) is 7.29. The molecular formula is C21H29N5O2. The molecule has 2 aromatic rings. The van der Waals surface area contributed by atoms with Crippen LogP contribution in [-0.2, 0) is 16.1 Å². The molecule has 1 aliphatic rings. The van der Waals surface area contributed by atoms with Crippen molar-refractivity contribution >= 4 is 23.3 Å². The Bertz CT molecular complexity index is 830. The molecule has 2 N–H and O–H groups in total. The molecule has 1 atom stereocenters. The lowest BCUT2D eigenvalue weighted by molar-refractivity contribution is -0.133. The predicted molar refractivity (Wildman–Crippen MR) is 110 cm³/mol. The molecule has 7 nitrogen and oxygen atoms in total. The molecule has 1 unspecified atom stereocenters. The lowest BCUT2D eigenvalue weighted by Crippen LogP contribution is -2.34. The van der Waals surface area contributed by atoms with Crippen molar-refractivity contribution in [2.75, 3.05) is 17.2 Å². The molecule has 1 aliphatic heterocycles. The number of hydrogen-bond acceptors (Lipinski definition) is 4. The number of benzene rings is 1. The van der Waals surface area contributed by atoms with E-state index in [1.807, 2.05) is 49.9 Å². The second kappa shape index (κ2) is 8.91. The smallest absolute Gasteiger partial charge is 0.247 e. The monoisotopic (exact) mass is 383 g/mol. The Hall–Kier alpha value is -2.83. The van der Waals surface area contributed by atoms with Gasteiger partial charge in [0.05, 0.1) is 6.20 Å². The number of carbonyl (C=O) groups excluding carboxylic acids is 2. The van der Waals surface area contributed by atoms with Crippen LogP contribution in [0.1, 0.15) is 51.6 Å². The number of rotatable bonds is 7. The first-order chi connectivity index (χ1) is 13.4. The largest absolute Gasteiger partial charge is 0.374 e. The fourth-order valence-electron chi connectivity index (χ4n) is 3.38. The van der Waals surface area contributed by atoms with Gasteiger partial charge in [-0.2, -0.15) is 5.10 Å². The topological polar surface area (TPSA) is 79.3 Å². The number of hydrogen-bond donors (Lipinski definition) is 2. The zero-order chi connectivity index (χ0) is 20.1. The molecule has 1 aromatic heterocycles. The third-order valence-corrected chi connectivity index (χ3v) is 4.91. The van der Waals surface area contributed by atoms with Gasteiger partial charge in [-0.15, -0.1) is 0 Å². The fourth-order valence-corrected chi connectivity index (χ4v) is 3.38. The van der Waals surface area contributed by atoms with Gasteiger partial charge in [-0.25, -0.2) is 4.68 Å². The number of amides is 2. The molecule has 0 radical (unpaired) electrons. The molecule has 1 aromatic carbocycles. The molecule has 7 heteroatoms. The molecule has 0 aliphatic carbocycles. The van der Waals surface area contributed by atoms with Crippen molar-refractivity contribution in [1.82, 2.24) is 14.7 Å². The second-order valence-electron chi connectivity index (χ2n) is 7.58. The third-order valence-electron chi connectivity index (χ3n) is 4.91. The van der Waals surface area contributed by atoms with Crippen LogP contribution in [0.25, 0.3) is 0 Å². The maximum atomic E-state index is 12.6. The number of nitrogens with zero attached hydrogens (tertiary/aromatic N) is 3. The summed E-state index contributed by atoms with van der Waals surface area (Å²) in [5.41, 5.74) is 1.92. The van der Waals surface area contributed by atoms with Gasteiger partial charge < -0.3 is 15.5 Å². The van der Waals surface area contributed by atoms with Gasteiger partial charge in [0.2, 0.25) is 11.8 Å². The number of likely N-dealkylation sites (tertiary alicyclic amines) is 1. The van der Waals surface area contributed by atoms with Crippen molar-refractivity contribution in [1.29, 1.82) is 0 Å². The van der Waals surface area contributed by atoms with E-state index in [0.29, 0.717) is 18.8 Å². The summed E-state index contributed by atoms with van der Waals surface area (Å²) in [6.07, 6.45) is 4.37. The van der Waals surface area contributed by atoms with Crippen LogP contribution in [0, 0.1) is 0 Å². The van der Waals surface area contributed by atoms with Crippen LogP contribution in [0.2, 0.25) is 0 Å². The molecule has 2 heterocycles. The summed E-state index contributed by atoms with van der Waals surface area (Å²) in [6, 6.07) is 9.45. The van der Waals surface area contributed by atoms with Crippen molar-refractivity contribution in [2.45, 2.75) is 58.7 Å². The van der Waals surface area contributed by atoms with Gasteiger partial charge in [-0.1, -0.05) is 12.1 Å². The Labute approximate surface area is 166 Å². The molecule has 2 amide bonds. The Morgan fingerprint density at radius 2 is 2.04 bits per heavy atom. The first kappa shape index (κ1) is 19.9. The van der Waals surface area contributed by atoms with Crippen molar-refractivity contribution in [2.24, 2.45) is 0 Å². The molecule has 0 spiro atoms. The molecule has 0 bridgehead atoms. The maximum Gasteiger partial charge on any atom is 0.247 e. The lowest BCUT2D eigenvalue weighted by Gasteiger charge is -2.27. The Balaban J connectivity index is 1.60. The van der Waals surface area contributed by atoms with Crippen LogP contribution in [0.15, 0.2) is 36.5 Å². The number of aromatic nitrogens is 2. The number of anilines is 2. The molecule has 1 saturated heterocycles. The molecule has 0 saturated carbocycles. The zero-order valence-electron chi connectivity index (χ0n) is 16.8. The fraction of sp³-hybridized carbons (Fsp3) is 0.476. The minimum Gasteiger partial charge on any atom is -0.374 e. The quantitative estimate of drug-likeness (QED) is 0.768. The molecule has 3 rings (SSSR count). The van der Waals surface area contributed by atoms with E-state index in [1.165, 1.54) is 0 Å². The van der Waals surface area contributed by atoms with E-state index in [2.05, 4.69) is 15.7 Å². The average Bonchev–Trinajstić information content (AvgIpc) is 3.12. The molecule has 150 valence electrons. The Morgan fingerprint density at radius 3 is 2.79 bits per heavy atom. The highest BCUT2D eigenvalue weighted by Gasteiger charge is 2.19. The van der Waals surface area contributed by atoms with Gasteiger partial charge in [0, 0.05) is 37.3 Å². The molecule has 1 fully saturated rings. The van der Waals surface area contributed by atoms with Crippen LogP contribution < -0.4 is 10.6 Å². The zero-order valence-corrected chi connectivity index (χ0v) is 16.8.